The maximum absolute atomic E-state index is 3.55. The zero-order chi connectivity index (χ0) is 12.1. The Bertz CT molecular complexity index is 330. The molecule has 0 unspecified atom stereocenters. The molecule has 1 aromatic rings. The topological polar surface area (TPSA) is 15.3 Å². The molecule has 0 heterocycles. The number of benzene rings is 1. The second kappa shape index (κ2) is 5.90. The molecule has 0 saturated carbocycles. The highest BCUT2D eigenvalue weighted by Crippen LogP contribution is 2.26. The molecular weight excluding hydrogens is 196 g/mol. The Balaban J connectivity index is 2.76. The largest absolute Gasteiger partial charge is 0.383 e. The lowest BCUT2D eigenvalue weighted by Gasteiger charge is -2.18. The summed E-state index contributed by atoms with van der Waals surface area (Å²) in [5, 5.41) is 3.55. The Morgan fingerprint density at radius 3 is 2.50 bits per heavy atom. The summed E-state index contributed by atoms with van der Waals surface area (Å²) in [4.78, 5) is 2.19. The first-order chi connectivity index (χ1) is 7.52. The van der Waals surface area contributed by atoms with Crippen LogP contribution < -0.4 is 5.32 Å². The van der Waals surface area contributed by atoms with Crippen molar-refractivity contribution in [2.24, 2.45) is 0 Å². The number of anilines is 1. The maximum atomic E-state index is 3.55. The van der Waals surface area contributed by atoms with Gasteiger partial charge in [-0.25, -0.2) is 0 Å². The molecule has 16 heavy (non-hydrogen) atoms. The summed E-state index contributed by atoms with van der Waals surface area (Å²) >= 11 is 0. The summed E-state index contributed by atoms with van der Waals surface area (Å²) in [7, 11) is 4.20. The van der Waals surface area contributed by atoms with Crippen LogP contribution >= 0.6 is 0 Å². The van der Waals surface area contributed by atoms with Crippen molar-refractivity contribution in [3.8, 4) is 0 Å². The van der Waals surface area contributed by atoms with Crippen LogP contribution in [0.2, 0.25) is 0 Å². The van der Waals surface area contributed by atoms with Crippen molar-refractivity contribution in [2.45, 2.75) is 26.7 Å². The van der Waals surface area contributed by atoms with Gasteiger partial charge in [-0.15, -0.1) is 0 Å². The maximum Gasteiger partial charge on any atom is 0.0405 e. The molecule has 0 atom stereocenters. The van der Waals surface area contributed by atoms with Crippen molar-refractivity contribution in [3.63, 3.8) is 0 Å². The quantitative estimate of drug-likeness (QED) is 0.820. The molecule has 2 nitrogen and oxygen atoms in total. The molecule has 90 valence electrons. The third-order valence-corrected chi connectivity index (χ3v) is 2.79. The zero-order valence-corrected chi connectivity index (χ0v) is 11.2. The summed E-state index contributed by atoms with van der Waals surface area (Å²) < 4.78 is 0. The lowest BCUT2D eigenvalue weighted by molar-refractivity contribution is 0.425. The van der Waals surface area contributed by atoms with Gasteiger partial charge >= 0.3 is 0 Å². The fourth-order valence-corrected chi connectivity index (χ4v) is 1.82. The van der Waals surface area contributed by atoms with E-state index >= 15 is 0 Å². The molecule has 0 spiro atoms. The summed E-state index contributed by atoms with van der Waals surface area (Å²) in [6, 6.07) is 6.53. The summed E-state index contributed by atoms with van der Waals surface area (Å²) in [6.45, 7) is 8.71. The second-order valence-electron chi connectivity index (χ2n) is 4.92. The molecule has 0 aliphatic rings. The molecule has 1 N–H and O–H groups in total. The van der Waals surface area contributed by atoms with Gasteiger partial charge in [-0.05, 0) is 38.1 Å². The average molecular weight is 220 g/mol. The van der Waals surface area contributed by atoms with Crippen LogP contribution in [0, 0.1) is 6.92 Å². The first-order valence-electron chi connectivity index (χ1n) is 6.00. The SMILES string of the molecule is Cc1cccc(C(C)C)c1NCCN(C)C. The number of likely N-dealkylation sites (N-methyl/N-ethyl adjacent to an activating group) is 1. The minimum absolute atomic E-state index is 0.571. The van der Waals surface area contributed by atoms with Crippen molar-refractivity contribution < 1.29 is 0 Å². The van der Waals surface area contributed by atoms with Gasteiger partial charge in [0, 0.05) is 18.8 Å². The summed E-state index contributed by atoms with van der Waals surface area (Å²) in [6.07, 6.45) is 0. The van der Waals surface area contributed by atoms with Gasteiger partial charge in [-0.2, -0.15) is 0 Å². The summed E-state index contributed by atoms with van der Waals surface area (Å²) in [5.41, 5.74) is 4.07. The molecular formula is C14H24N2. The molecule has 2 heteroatoms. The van der Waals surface area contributed by atoms with Gasteiger partial charge in [0.25, 0.3) is 0 Å². The van der Waals surface area contributed by atoms with E-state index in [-0.39, 0.29) is 0 Å². The van der Waals surface area contributed by atoms with E-state index in [1.807, 2.05) is 0 Å². The second-order valence-corrected chi connectivity index (χ2v) is 4.92. The number of rotatable bonds is 5. The number of para-hydroxylation sites is 1. The minimum Gasteiger partial charge on any atom is -0.383 e. The van der Waals surface area contributed by atoms with Crippen LogP contribution in [-0.2, 0) is 0 Å². The van der Waals surface area contributed by atoms with Gasteiger partial charge in [0.15, 0.2) is 0 Å². The lowest BCUT2D eigenvalue weighted by atomic mass is 9.98. The van der Waals surface area contributed by atoms with Crippen LogP contribution in [0.25, 0.3) is 0 Å². The van der Waals surface area contributed by atoms with Gasteiger partial charge < -0.3 is 10.2 Å². The first-order valence-corrected chi connectivity index (χ1v) is 6.00. The average Bonchev–Trinajstić information content (AvgIpc) is 2.19. The standard InChI is InChI=1S/C14H24N2/c1-11(2)13-8-6-7-12(3)14(13)15-9-10-16(4)5/h6-8,11,15H,9-10H2,1-5H3. The molecule has 1 rings (SSSR count). The van der Waals surface area contributed by atoms with Crippen molar-refractivity contribution in [3.05, 3.63) is 29.3 Å². The third-order valence-electron chi connectivity index (χ3n) is 2.79. The van der Waals surface area contributed by atoms with Crippen molar-refractivity contribution >= 4 is 5.69 Å². The van der Waals surface area contributed by atoms with Crippen LogP contribution in [0.5, 0.6) is 0 Å². The highest BCUT2D eigenvalue weighted by atomic mass is 15.1. The van der Waals surface area contributed by atoms with Crippen molar-refractivity contribution in [1.29, 1.82) is 0 Å². The predicted molar refractivity (Wildman–Crippen MR) is 72.3 cm³/mol. The number of nitrogens with zero attached hydrogens (tertiary/aromatic N) is 1. The van der Waals surface area contributed by atoms with Gasteiger partial charge in [-0.3, -0.25) is 0 Å². The zero-order valence-electron chi connectivity index (χ0n) is 11.2. The van der Waals surface area contributed by atoms with E-state index in [1.54, 1.807) is 0 Å². The minimum atomic E-state index is 0.571. The van der Waals surface area contributed by atoms with E-state index in [9.17, 15) is 0 Å². The monoisotopic (exact) mass is 220 g/mol. The van der Waals surface area contributed by atoms with Crippen LogP contribution in [0.4, 0.5) is 5.69 Å². The molecule has 0 aromatic heterocycles. The molecule has 0 bridgehead atoms. The predicted octanol–water partition coefficient (Wildman–Crippen LogP) is 3.09. The Morgan fingerprint density at radius 1 is 1.25 bits per heavy atom. The number of hydrogen-bond donors (Lipinski definition) is 1. The Hall–Kier alpha value is -1.02. The van der Waals surface area contributed by atoms with Gasteiger partial charge in [0.1, 0.15) is 0 Å². The number of nitrogens with one attached hydrogen (secondary N) is 1. The third kappa shape index (κ3) is 3.53. The normalized spacial score (nSPS) is 11.2. The van der Waals surface area contributed by atoms with E-state index in [2.05, 4.69) is 63.3 Å². The van der Waals surface area contributed by atoms with Gasteiger partial charge in [0.05, 0.1) is 0 Å². The van der Waals surface area contributed by atoms with Crippen molar-refractivity contribution in [1.82, 2.24) is 4.90 Å². The van der Waals surface area contributed by atoms with E-state index in [0.717, 1.165) is 13.1 Å². The fraction of sp³-hybridized carbons (Fsp3) is 0.571. The Kier molecular flexibility index (Phi) is 4.81. The highest BCUT2D eigenvalue weighted by molar-refractivity contribution is 5.58. The molecule has 1 aromatic carbocycles. The molecule has 0 amide bonds. The number of aryl methyl sites for hydroxylation is 1. The lowest BCUT2D eigenvalue weighted by Crippen LogP contribution is -2.21. The molecule has 0 saturated heterocycles. The van der Waals surface area contributed by atoms with Crippen LogP contribution in [-0.4, -0.2) is 32.1 Å². The Labute approximate surface area is 99.7 Å². The molecule has 0 fully saturated rings. The Morgan fingerprint density at radius 2 is 1.94 bits per heavy atom. The van der Waals surface area contributed by atoms with Crippen LogP contribution in [0.1, 0.15) is 30.9 Å². The van der Waals surface area contributed by atoms with E-state index < -0.39 is 0 Å². The molecule has 0 radical (unpaired) electrons. The van der Waals surface area contributed by atoms with Crippen molar-refractivity contribution in [2.75, 3.05) is 32.5 Å². The first kappa shape index (κ1) is 13.0. The number of hydrogen-bond acceptors (Lipinski definition) is 2. The van der Waals surface area contributed by atoms with Gasteiger partial charge in [0.2, 0.25) is 0 Å². The van der Waals surface area contributed by atoms with Crippen LogP contribution in [0.15, 0.2) is 18.2 Å². The smallest absolute Gasteiger partial charge is 0.0405 e. The molecule has 0 aliphatic heterocycles. The van der Waals surface area contributed by atoms with Crippen LogP contribution in [0.3, 0.4) is 0 Å². The van der Waals surface area contributed by atoms with E-state index in [4.69, 9.17) is 0 Å². The summed E-state index contributed by atoms with van der Waals surface area (Å²) in [5.74, 6) is 0.571. The highest BCUT2D eigenvalue weighted by Gasteiger charge is 2.07. The van der Waals surface area contributed by atoms with Gasteiger partial charge in [-0.1, -0.05) is 32.0 Å². The fourth-order valence-electron chi connectivity index (χ4n) is 1.82. The van der Waals surface area contributed by atoms with E-state index in [0.29, 0.717) is 5.92 Å². The molecule has 0 aliphatic carbocycles. The van der Waals surface area contributed by atoms with E-state index in [1.165, 1.54) is 16.8 Å².